The maximum atomic E-state index is 11.0. The largest absolute Gasteiger partial charge is 0.382 e. The minimum absolute atomic E-state index is 0.102. The first kappa shape index (κ1) is 16.3. The molecule has 118 valence electrons. The second-order valence-electron chi connectivity index (χ2n) is 6.15. The Bertz CT molecular complexity index is 532. The fourth-order valence-electron chi connectivity index (χ4n) is 3.17. The summed E-state index contributed by atoms with van der Waals surface area (Å²) in [6.45, 7) is 2.26. The minimum atomic E-state index is -3.45. The average molecular weight is 310 g/mol. The highest BCUT2D eigenvalue weighted by molar-refractivity contribution is 7.88. The molecule has 0 saturated heterocycles. The average Bonchev–Trinajstić information content (AvgIpc) is 2.42. The summed E-state index contributed by atoms with van der Waals surface area (Å²) in [5.74, 6) is 0.806. The number of hydrogen-bond donors (Lipinski definition) is 2. The second-order valence-corrected chi connectivity index (χ2v) is 7.77. The Morgan fingerprint density at radius 1 is 1.14 bits per heavy atom. The van der Waals surface area contributed by atoms with E-state index in [0.29, 0.717) is 6.04 Å². The van der Waals surface area contributed by atoms with E-state index in [4.69, 9.17) is 5.14 Å². The molecule has 0 radical (unpaired) electrons. The van der Waals surface area contributed by atoms with Gasteiger partial charge in [0.1, 0.15) is 0 Å². The number of rotatable bonds is 6. The van der Waals surface area contributed by atoms with Crippen LogP contribution in [0.25, 0.3) is 0 Å². The Balaban J connectivity index is 1.84. The van der Waals surface area contributed by atoms with E-state index in [-0.39, 0.29) is 5.75 Å². The van der Waals surface area contributed by atoms with Gasteiger partial charge < -0.3 is 5.32 Å². The predicted molar refractivity (Wildman–Crippen MR) is 87.5 cm³/mol. The number of nitrogens with two attached hydrogens (primary N) is 1. The smallest absolute Gasteiger partial charge is 0.213 e. The molecular formula is C16H26N2O2S. The molecule has 0 amide bonds. The fourth-order valence-corrected chi connectivity index (χ4v) is 3.83. The molecule has 1 aromatic rings. The van der Waals surface area contributed by atoms with Crippen LogP contribution in [0.2, 0.25) is 0 Å². The highest BCUT2D eigenvalue weighted by Gasteiger charge is 2.20. The number of nitrogens with one attached hydrogen (secondary N) is 1. The van der Waals surface area contributed by atoms with Gasteiger partial charge in [-0.05, 0) is 49.3 Å². The van der Waals surface area contributed by atoms with Crippen molar-refractivity contribution in [2.45, 2.75) is 57.2 Å². The van der Waals surface area contributed by atoms with Gasteiger partial charge in [0.2, 0.25) is 10.0 Å². The van der Waals surface area contributed by atoms with Crippen LogP contribution in [0.4, 0.5) is 5.69 Å². The van der Waals surface area contributed by atoms with Gasteiger partial charge in [-0.3, -0.25) is 0 Å². The van der Waals surface area contributed by atoms with Gasteiger partial charge in [-0.2, -0.15) is 0 Å². The van der Waals surface area contributed by atoms with Crippen LogP contribution in [-0.2, 0) is 15.8 Å². The molecule has 0 atom stereocenters. The summed E-state index contributed by atoms with van der Waals surface area (Å²) in [5.41, 5.74) is 1.79. The summed E-state index contributed by atoms with van der Waals surface area (Å²) >= 11 is 0. The van der Waals surface area contributed by atoms with Crippen LogP contribution in [-0.4, -0.2) is 14.5 Å². The van der Waals surface area contributed by atoms with Crippen LogP contribution in [0.3, 0.4) is 0 Å². The van der Waals surface area contributed by atoms with Gasteiger partial charge >= 0.3 is 0 Å². The Hall–Kier alpha value is -1.07. The fraction of sp³-hybridized carbons (Fsp3) is 0.625. The lowest BCUT2D eigenvalue weighted by molar-refractivity contribution is 0.319. The first-order valence-electron chi connectivity index (χ1n) is 7.82. The minimum Gasteiger partial charge on any atom is -0.382 e. The molecule has 2 rings (SSSR count). The standard InChI is InChI=1S/C16H26N2O2S/c1-2-3-13-4-8-15(9-5-13)18-16-10-6-14(7-11-16)12-21(17,19)20/h6-7,10-11,13,15,18H,2-5,8-9,12H2,1H3,(H2,17,19,20). The third-order valence-corrected chi connectivity index (χ3v) is 4.97. The Kier molecular flexibility index (Phi) is 5.65. The normalized spacial score (nSPS) is 23.0. The summed E-state index contributed by atoms with van der Waals surface area (Å²) in [4.78, 5) is 0. The van der Waals surface area contributed by atoms with Crippen molar-refractivity contribution in [2.24, 2.45) is 11.1 Å². The maximum absolute atomic E-state index is 11.0. The van der Waals surface area contributed by atoms with Crippen molar-refractivity contribution in [1.29, 1.82) is 0 Å². The summed E-state index contributed by atoms with van der Waals surface area (Å²) < 4.78 is 22.1. The maximum Gasteiger partial charge on any atom is 0.213 e. The zero-order chi connectivity index (χ0) is 15.3. The van der Waals surface area contributed by atoms with Gasteiger partial charge in [0.25, 0.3) is 0 Å². The number of benzene rings is 1. The Morgan fingerprint density at radius 3 is 2.29 bits per heavy atom. The number of anilines is 1. The van der Waals surface area contributed by atoms with Crippen LogP contribution in [0.5, 0.6) is 0 Å². The summed E-state index contributed by atoms with van der Waals surface area (Å²) in [5, 5.41) is 8.60. The monoisotopic (exact) mass is 310 g/mol. The van der Waals surface area contributed by atoms with E-state index >= 15 is 0 Å². The first-order chi connectivity index (χ1) is 9.96. The molecule has 0 bridgehead atoms. The van der Waals surface area contributed by atoms with E-state index in [1.165, 1.54) is 38.5 Å². The first-order valence-corrected chi connectivity index (χ1v) is 9.54. The van der Waals surface area contributed by atoms with E-state index in [2.05, 4.69) is 12.2 Å². The molecule has 0 unspecified atom stereocenters. The van der Waals surface area contributed by atoms with E-state index in [9.17, 15) is 8.42 Å². The molecule has 0 spiro atoms. The predicted octanol–water partition coefficient (Wildman–Crippen LogP) is 3.25. The SMILES string of the molecule is CCCC1CCC(Nc2ccc(CS(N)(=O)=O)cc2)CC1. The van der Waals surface area contributed by atoms with E-state index < -0.39 is 10.0 Å². The number of hydrogen-bond acceptors (Lipinski definition) is 3. The van der Waals surface area contributed by atoms with Gasteiger partial charge in [-0.25, -0.2) is 13.6 Å². The zero-order valence-corrected chi connectivity index (χ0v) is 13.5. The van der Waals surface area contributed by atoms with Crippen molar-refractivity contribution in [3.05, 3.63) is 29.8 Å². The summed E-state index contributed by atoms with van der Waals surface area (Å²) in [7, 11) is -3.45. The van der Waals surface area contributed by atoms with Gasteiger partial charge in [0.15, 0.2) is 0 Å². The molecule has 21 heavy (non-hydrogen) atoms. The Morgan fingerprint density at radius 2 is 1.76 bits per heavy atom. The van der Waals surface area contributed by atoms with Gasteiger partial charge in [0, 0.05) is 11.7 Å². The van der Waals surface area contributed by atoms with E-state index in [0.717, 1.165) is 17.2 Å². The van der Waals surface area contributed by atoms with Crippen LogP contribution < -0.4 is 10.5 Å². The lowest BCUT2D eigenvalue weighted by Gasteiger charge is -2.29. The van der Waals surface area contributed by atoms with Crippen molar-refractivity contribution in [1.82, 2.24) is 0 Å². The molecule has 0 heterocycles. The van der Waals surface area contributed by atoms with Crippen LogP contribution in [0, 0.1) is 5.92 Å². The van der Waals surface area contributed by atoms with Crippen LogP contribution >= 0.6 is 0 Å². The highest BCUT2D eigenvalue weighted by Crippen LogP contribution is 2.29. The van der Waals surface area contributed by atoms with Crippen LogP contribution in [0.1, 0.15) is 51.0 Å². The lowest BCUT2D eigenvalue weighted by atomic mass is 9.83. The summed E-state index contributed by atoms with van der Waals surface area (Å²) in [6, 6.07) is 8.09. The van der Waals surface area contributed by atoms with Gasteiger partial charge in [-0.15, -0.1) is 0 Å². The van der Waals surface area contributed by atoms with Crippen molar-refractivity contribution < 1.29 is 8.42 Å². The third-order valence-electron chi connectivity index (χ3n) is 4.24. The second kappa shape index (κ2) is 7.27. The van der Waals surface area contributed by atoms with Crippen molar-refractivity contribution >= 4 is 15.7 Å². The van der Waals surface area contributed by atoms with E-state index in [1.807, 2.05) is 24.3 Å². The Labute approximate surface area is 128 Å². The number of primary sulfonamides is 1. The molecule has 0 aromatic heterocycles. The van der Waals surface area contributed by atoms with Gasteiger partial charge in [0.05, 0.1) is 5.75 Å². The topological polar surface area (TPSA) is 72.2 Å². The molecule has 1 aliphatic carbocycles. The molecule has 0 aliphatic heterocycles. The summed E-state index contributed by atoms with van der Waals surface area (Å²) in [6.07, 6.45) is 7.72. The molecule has 4 nitrogen and oxygen atoms in total. The molecule has 1 fully saturated rings. The molecule has 1 aliphatic rings. The van der Waals surface area contributed by atoms with Crippen molar-refractivity contribution in [3.63, 3.8) is 0 Å². The third kappa shape index (κ3) is 5.67. The highest BCUT2D eigenvalue weighted by atomic mass is 32.2. The number of sulfonamides is 1. The van der Waals surface area contributed by atoms with Crippen molar-refractivity contribution in [2.75, 3.05) is 5.32 Å². The zero-order valence-electron chi connectivity index (χ0n) is 12.7. The molecular weight excluding hydrogens is 284 g/mol. The molecule has 5 heteroatoms. The van der Waals surface area contributed by atoms with E-state index in [1.54, 1.807) is 0 Å². The lowest BCUT2D eigenvalue weighted by Crippen LogP contribution is -2.26. The van der Waals surface area contributed by atoms with Crippen LogP contribution in [0.15, 0.2) is 24.3 Å². The van der Waals surface area contributed by atoms with Gasteiger partial charge in [-0.1, -0.05) is 31.9 Å². The molecule has 1 saturated carbocycles. The molecule has 1 aromatic carbocycles. The molecule has 3 N–H and O–H groups in total. The quantitative estimate of drug-likeness (QED) is 0.847. The van der Waals surface area contributed by atoms with Crippen molar-refractivity contribution in [3.8, 4) is 0 Å².